The van der Waals surface area contributed by atoms with Crippen molar-refractivity contribution in [2.75, 3.05) is 76.6 Å². The number of nitrogens with one attached hydrogen (secondary N) is 2. The monoisotopic (exact) mass is 677 g/mol. The maximum Gasteiger partial charge on any atom is 0.434 e. The highest BCUT2D eigenvalue weighted by Crippen LogP contribution is 2.32. The fraction of sp³-hybridized carbons (Fsp3) is 0.452. The molecule has 0 radical (unpaired) electrons. The van der Waals surface area contributed by atoms with E-state index >= 15 is 0 Å². The molecule has 2 heterocycles. The lowest BCUT2D eigenvalue weighted by Gasteiger charge is -2.27. The smallest absolute Gasteiger partial charge is 0.434 e. The minimum atomic E-state index is -4.36. The minimum Gasteiger partial charge on any atom is -0.448 e. The molecule has 0 spiro atoms. The predicted molar refractivity (Wildman–Crippen MR) is 173 cm³/mol. The maximum absolute atomic E-state index is 13.9. The number of hydrogen-bond donors (Lipinski definition) is 2. The molecule has 16 heteroatoms. The van der Waals surface area contributed by atoms with Gasteiger partial charge in [-0.1, -0.05) is 0 Å². The van der Waals surface area contributed by atoms with Gasteiger partial charge in [-0.05, 0) is 58.3 Å². The van der Waals surface area contributed by atoms with Crippen LogP contribution in [-0.2, 0) is 32.5 Å². The van der Waals surface area contributed by atoms with E-state index in [1.807, 2.05) is 40.2 Å². The number of nitrogens with zero attached hydrogens (tertiary/aromatic N) is 5. The topological polar surface area (TPSA) is 138 Å². The van der Waals surface area contributed by atoms with Gasteiger partial charge in [-0.3, -0.25) is 4.79 Å². The standard InChI is InChI=1S/C31H41F2N7O6S/c1-7-46-31(42)40-28-10-11-39(47(43,44)24-15-21(32)14-22(33)16-24)18-26(28)29(36-40)35-30(41)25-9-8-23(38(5)13-12-37(3)4)17-27(25)34-20(2)19-45-6/h8-9,14-17,20,34H,7,10-13,18-19H2,1-6H3,(H,35,36,41)/t20-/m1/s1. The van der Waals surface area contributed by atoms with Gasteiger partial charge < -0.3 is 29.9 Å². The number of halogens is 2. The lowest BCUT2D eigenvalue weighted by molar-refractivity contribution is 0.102. The Balaban J connectivity index is 1.70. The summed E-state index contributed by atoms with van der Waals surface area (Å²) in [6, 6.07) is 7.24. The molecule has 0 saturated heterocycles. The van der Waals surface area contributed by atoms with Gasteiger partial charge in [0.15, 0.2) is 5.82 Å². The van der Waals surface area contributed by atoms with E-state index in [2.05, 4.69) is 25.5 Å². The molecule has 0 bridgehead atoms. The number of likely N-dealkylation sites (N-methyl/N-ethyl adjacent to an activating group) is 2. The first-order chi connectivity index (χ1) is 22.2. The first-order valence-electron chi connectivity index (χ1n) is 15.1. The molecule has 1 atom stereocenters. The summed E-state index contributed by atoms with van der Waals surface area (Å²) in [5.41, 5.74) is 2.26. The third-order valence-electron chi connectivity index (χ3n) is 7.56. The summed E-state index contributed by atoms with van der Waals surface area (Å²) < 4.78 is 67.2. The maximum atomic E-state index is 13.9. The van der Waals surface area contributed by atoms with Crippen LogP contribution in [0.1, 0.15) is 35.5 Å². The summed E-state index contributed by atoms with van der Waals surface area (Å²) in [6.45, 7) is 5.09. The molecule has 2 aromatic carbocycles. The molecular formula is C31H41F2N7O6S. The van der Waals surface area contributed by atoms with E-state index in [0.29, 0.717) is 24.1 Å². The third-order valence-corrected chi connectivity index (χ3v) is 9.38. The number of sulfonamides is 1. The number of methoxy groups -OCH3 is 1. The number of rotatable bonds is 13. The van der Waals surface area contributed by atoms with Crippen molar-refractivity contribution in [2.45, 2.75) is 37.8 Å². The predicted octanol–water partition coefficient (Wildman–Crippen LogP) is 3.61. The number of amides is 1. The van der Waals surface area contributed by atoms with Crippen molar-refractivity contribution in [2.24, 2.45) is 0 Å². The highest BCUT2D eigenvalue weighted by Gasteiger charge is 2.35. The van der Waals surface area contributed by atoms with Crippen molar-refractivity contribution >= 4 is 39.2 Å². The van der Waals surface area contributed by atoms with E-state index in [-0.39, 0.29) is 49.1 Å². The van der Waals surface area contributed by atoms with Crippen molar-refractivity contribution in [3.05, 3.63) is 64.9 Å². The Morgan fingerprint density at radius 1 is 1.09 bits per heavy atom. The van der Waals surface area contributed by atoms with Gasteiger partial charge >= 0.3 is 6.09 Å². The van der Waals surface area contributed by atoms with Gasteiger partial charge in [0.2, 0.25) is 10.0 Å². The Morgan fingerprint density at radius 3 is 2.43 bits per heavy atom. The Labute approximate surface area is 273 Å². The van der Waals surface area contributed by atoms with Crippen LogP contribution in [0.4, 0.5) is 30.8 Å². The molecule has 256 valence electrons. The van der Waals surface area contributed by atoms with E-state index in [9.17, 15) is 26.8 Å². The van der Waals surface area contributed by atoms with Crippen molar-refractivity contribution in [1.29, 1.82) is 0 Å². The van der Waals surface area contributed by atoms with Gasteiger partial charge in [-0.25, -0.2) is 22.0 Å². The number of ether oxygens (including phenoxy) is 2. The van der Waals surface area contributed by atoms with Gasteiger partial charge in [0.25, 0.3) is 5.91 Å². The van der Waals surface area contributed by atoms with Crippen molar-refractivity contribution in [3.63, 3.8) is 0 Å². The second-order valence-electron chi connectivity index (χ2n) is 11.5. The zero-order valence-electron chi connectivity index (χ0n) is 27.3. The van der Waals surface area contributed by atoms with E-state index < -0.39 is 38.6 Å². The number of hydrogen-bond acceptors (Lipinski definition) is 10. The van der Waals surface area contributed by atoms with Crippen LogP contribution in [0, 0.1) is 11.6 Å². The van der Waals surface area contributed by atoms with Crippen LogP contribution in [0.15, 0.2) is 41.3 Å². The quantitative estimate of drug-likeness (QED) is 0.276. The zero-order chi connectivity index (χ0) is 34.5. The lowest BCUT2D eigenvalue weighted by atomic mass is 10.1. The minimum absolute atomic E-state index is 0.0172. The molecule has 1 aromatic heterocycles. The molecule has 1 aliphatic rings. The number of anilines is 3. The molecule has 0 saturated carbocycles. The third kappa shape index (κ3) is 8.43. The summed E-state index contributed by atoms with van der Waals surface area (Å²) in [6.07, 6.45) is -0.780. The van der Waals surface area contributed by atoms with Crippen molar-refractivity contribution in [3.8, 4) is 0 Å². The lowest BCUT2D eigenvalue weighted by Crippen LogP contribution is -2.37. The number of aromatic nitrogens is 2. The molecule has 3 aromatic rings. The Morgan fingerprint density at radius 2 is 1.79 bits per heavy atom. The summed E-state index contributed by atoms with van der Waals surface area (Å²) in [5.74, 6) is -2.69. The largest absolute Gasteiger partial charge is 0.448 e. The number of carbonyl (C=O) groups excluding carboxylic acids is 2. The van der Waals surface area contributed by atoms with Crippen LogP contribution in [-0.4, -0.2) is 107 Å². The molecule has 1 aliphatic heterocycles. The van der Waals surface area contributed by atoms with E-state index in [4.69, 9.17) is 9.47 Å². The van der Waals surface area contributed by atoms with Crippen LogP contribution >= 0.6 is 0 Å². The average Bonchev–Trinajstić information content (AvgIpc) is 3.37. The average molecular weight is 678 g/mol. The summed E-state index contributed by atoms with van der Waals surface area (Å²) in [7, 11) is 3.14. The molecule has 4 rings (SSSR count). The fourth-order valence-corrected chi connectivity index (χ4v) is 6.61. The van der Waals surface area contributed by atoms with Crippen molar-refractivity contribution < 1.29 is 36.3 Å². The molecule has 13 nitrogen and oxygen atoms in total. The SMILES string of the molecule is CCOC(=O)n1nc(NC(=O)c2ccc(N(C)CCN(C)C)cc2N[C@H](C)COC)c2c1CCN(S(=O)(=O)c1cc(F)cc(F)c1)C2. The van der Waals surface area contributed by atoms with Crippen molar-refractivity contribution in [1.82, 2.24) is 19.0 Å². The second-order valence-corrected chi connectivity index (χ2v) is 13.4. The van der Waals surface area contributed by atoms with E-state index in [1.54, 1.807) is 20.1 Å². The van der Waals surface area contributed by atoms with Gasteiger partial charge in [0.05, 0.1) is 29.4 Å². The van der Waals surface area contributed by atoms with E-state index in [0.717, 1.165) is 39.9 Å². The highest BCUT2D eigenvalue weighted by molar-refractivity contribution is 7.89. The van der Waals surface area contributed by atoms with Gasteiger partial charge in [0, 0.05) is 75.8 Å². The Kier molecular flexibility index (Phi) is 11.5. The van der Waals surface area contributed by atoms with Crippen LogP contribution in [0.2, 0.25) is 0 Å². The van der Waals surface area contributed by atoms with Crippen LogP contribution in [0.25, 0.3) is 0 Å². The number of benzene rings is 2. The molecule has 1 amide bonds. The van der Waals surface area contributed by atoms with Gasteiger partial charge in [-0.2, -0.15) is 8.99 Å². The van der Waals surface area contributed by atoms with E-state index in [1.165, 1.54) is 0 Å². The van der Waals surface area contributed by atoms with Crippen LogP contribution < -0.4 is 15.5 Å². The summed E-state index contributed by atoms with van der Waals surface area (Å²) in [4.78, 5) is 30.2. The molecule has 0 aliphatic carbocycles. The zero-order valence-corrected chi connectivity index (χ0v) is 28.2. The highest BCUT2D eigenvalue weighted by atomic mass is 32.2. The molecule has 0 fully saturated rings. The summed E-state index contributed by atoms with van der Waals surface area (Å²) in [5, 5.41) is 10.4. The first-order valence-corrected chi connectivity index (χ1v) is 16.5. The fourth-order valence-electron chi connectivity index (χ4n) is 5.16. The first kappa shape index (κ1) is 35.7. The summed E-state index contributed by atoms with van der Waals surface area (Å²) >= 11 is 0. The number of carbonyl (C=O) groups is 2. The van der Waals surface area contributed by atoms with Gasteiger partial charge in [-0.15, -0.1) is 5.10 Å². The molecule has 0 unspecified atom stereocenters. The normalized spacial score (nSPS) is 14.1. The number of fused-ring (bicyclic) bond motifs is 1. The second kappa shape index (κ2) is 15.2. The molecule has 2 N–H and O–H groups in total. The molecule has 47 heavy (non-hydrogen) atoms. The Hall–Kier alpha value is -4.12. The van der Waals surface area contributed by atoms with Crippen LogP contribution in [0.3, 0.4) is 0 Å². The van der Waals surface area contributed by atoms with Crippen LogP contribution in [0.5, 0.6) is 0 Å². The van der Waals surface area contributed by atoms with Gasteiger partial charge in [0.1, 0.15) is 11.6 Å². The Bertz CT molecular complexity index is 1700. The molecular weight excluding hydrogens is 636 g/mol.